The van der Waals surface area contributed by atoms with Crippen molar-refractivity contribution in [1.29, 1.82) is 0 Å². The Morgan fingerprint density at radius 1 is 1.14 bits per heavy atom. The van der Waals surface area contributed by atoms with Crippen LogP contribution in [0.4, 0.5) is 0 Å². The fraction of sp³-hybridized carbons (Fsp3) is 0.353. The third-order valence-corrected chi connectivity index (χ3v) is 3.91. The molecule has 0 spiro atoms. The maximum absolute atomic E-state index is 5.37. The number of hydrazone groups is 1. The Balaban J connectivity index is 1.52. The highest BCUT2D eigenvalue weighted by Crippen LogP contribution is 2.04. The largest absolute Gasteiger partial charge is 0.463 e. The van der Waals surface area contributed by atoms with Crippen LogP contribution in [0.3, 0.4) is 0 Å². The molecule has 1 aliphatic rings. The molecular weight excluding hydrogens is 262 g/mol. The molecule has 0 amide bonds. The van der Waals surface area contributed by atoms with E-state index in [0.29, 0.717) is 0 Å². The molecule has 4 heteroatoms. The number of piperazine rings is 1. The van der Waals surface area contributed by atoms with Crippen molar-refractivity contribution in [1.82, 2.24) is 5.01 Å². The third-order valence-electron chi connectivity index (χ3n) is 3.91. The molecule has 0 bridgehead atoms. The van der Waals surface area contributed by atoms with Gasteiger partial charge < -0.3 is 9.32 Å². The Kier molecular flexibility index (Phi) is 4.36. The van der Waals surface area contributed by atoms with Crippen LogP contribution in [-0.4, -0.2) is 36.9 Å². The van der Waals surface area contributed by atoms with Crippen LogP contribution in [0.5, 0.6) is 0 Å². The summed E-state index contributed by atoms with van der Waals surface area (Å²) >= 11 is 0. The second-order valence-corrected chi connectivity index (χ2v) is 5.53. The highest BCUT2D eigenvalue weighted by Gasteiger charge is 2.19. The van der Waals surface area contributed by atoms with Crippen LogP contribution in [0, 0.1) is 0 Å². The molecule has 21 heavy (non-hydrogen) atoms. The number of quaternary nitrogens is 1. The van der Waals surface area contributed by atoms with Gasteiger partial charge in [0.05, 0.1) is 38.2 Å². The van der Waals surface area contributed by atoms with E-state index in [0.717, 1.165) is 44.2 Å². The smallest absolute Gasteiger partial charge is 0.149 e. The molecule has 110 valence electrons. The first-order valence-electron chi connectivity index (χ1n) is 7.53. The first kappa shape index (κ1) is 13.9. The molecule has 1 aromatic carbocycles. The van der Waals surface area contributed by atoms with E-state index >= 15 is 0 Å². The summed E-state index contributed by atoms with van der Waals surface area (Å²) in [7, 11) is 0. The molecule has 1 N–H and O–H groups in total. The summed E-state index contributed by atoms with van der Waals surface area (Å²) in [6.07, 6.45) is 1.69. The molecule has 2 aromatic rings. The minimum Gasteiger partial charge on any atom is -0.463 e. The normalized spacial score (nSPS) is 17.2. The lowest BCUT2D eigenvalue weighted by Gasteiger charge is -2.30. The summed E-state index contributed by atoms with van der Waals surface area (Å²) in [6, 6.07) is 14.6. The summed E-state index contributed by atoms with van der Waals surface area (Å²) in [5.41, 5.74) is 2.36. The van der Waals surface area contributed by atoms with Gasteiger partial charge in [-0.1, -0.05) is 30.3 Å². The van der Waals surface area contributed by atoms with Crippen molar-refractivity contribution in [3.63, 3.8) is 0 Å². The van der Waals surface area contributed by atoms with Crippen LogP contribution in [0.15, 0.2) is 58.2 Å². The zero-order valence-electron chi connectivity index (χ0n) is 12.5. The van der Waals surface area contributed by atoms with Crippen LogP contribution < -0.4 is 4.90 Å². The van der Waals surface area contributed by atoms with Crippen molar-refractivity contribution in [2.75, 3.05) is 26.2 Å². The fourth-order valence-corrected chi connectivity index (χ4v) is 2.72. The molecule has 2 heterocycles. The van der Waals surface area contributed by atoms with E-state index in [-0.39, 0.29) is 0 Å². The molecule has 1 fully saturated rings. The SMILES string of the molecule is C/C(=N/N1CC[NH+](Cc2ccccc2)CC1)c1ccco1. The Bertz CT molecular complexity index is 569. The van der Waals surface area contributed by atoms with Gasteiger partial charge in [-0.2, -0.15) is 5.10 Å². The van der Waals surface area contributed by atoms with Crippen molar-refractivity contribution in [2.45, 2.75) is 13.5 Å². The van der Waals surface area contributed by atoms with E-state index in [1.54, 1.807) is 11.2 Å². The van der Waals surface area contributed by atoms with Crippen LogP contribution in [0.1, 0.15) is 18.2 Å². The predicted octanol–water partition coefficient (Wildman–Crippen LogP) is 1.40. The first-order chi connectivity index (χ1) is 10.3. The molecule has 0 aliphatic carbocycles. The van der Waals surface area contributed by atoms with Crippen molar-refractivity contribution in [3.05, 3.63) is 60.1 Å². The van der Waals surface area contributed by atoms with Crippen LogP contribution in [-0.2, 0) is 6.54 Å². The Morgan fingerprint density at radius 2 is 1.90 bits per heavy atom. The van der Waals surface area contributed by atoms with Gasteiger partial charge in [0.2, 0.25) is 0 Å². The highest BCUT2D eigenvalue weighted by molar-refractivity contribution is 5.95. The molecule has 0 radical (unpaired) electrons. The van der Waals surface area contributed by atoms with E-state index in [4.69, 9.17) is 4.42 Å². The zero-order chi connectivity index (χ0) is 14.5. The summed E-state index contributed by atoms with van der Waals surface area (Å²) < 4.78 is 5.37. The lowest BCUT2D eigenvalue weighted by atomic mass is 10.2. The van der Waals surface area contributed by atoms with Crippen molar-refractivity contribution < 1.29 is 9.32 Å². The summed E-state index contributed by atoms with van der Waals surface area (Å²) in [5.74, 6) is 0.856. The molecule has 3 rings (SSSR count). The minimum absolute atomic E-state index is 0.856. The average Bonchev–Trinajstić information content (AvgIpc) is 3.05. The Hall–Kier alpha value is -2.07. The number of nitrogens with zero attached hydrogens (tertiary/aromatic N) is 2. The van der Waals surface area contributed by atoms with E-state index in [2.05, 4.69) is 40.4 Å². The lowest BCUT2D eigenvalue weighted by Crippen LogP contribution is -3.13. The standard InChI is InChI=1S/C17H21N3O/c1-15(17-8-5-13-21-17)18-20-11-9-19(10-12-20)14-16-6-3-2-4-7-16/h2-8,13H,9-12,14H2,1H3/p+1/b18-15-. The molecule has 1 aromatic heterocycles. The van der Waals surface area contributed by atoms with Crippen molar-refractivity contribution in [2.24, 2.45) is 5.10 Å². The van der Waals surface area contributed by atoms with E-state index < -0.39 is 0 Å². The van der Waals surface area contributed by atoms with Crippen LogP contribution in [0.2, 0.25) is 0 Å². The molecule has 4 nitrogen and oxygen atoms in total. The van der Waals surface area contributed by atoms with E-state index in [9.17, 15) is 0 Å². The van der Waals surface area contributed by atoms with Gasteiger partial charge in [-0.05, 0) is 19.1 Å². The van der Waals surface area contributed by atoms with Gasteiger partial charge in [0.25, 0.3) is 0 Å². The lowest BCUT2D eigenvalue weighted by molar-refractivity contribution is -0.918. The van der Waals surface area contributed by atoms with Gasteiger partial charge in [0.15, 0.2) is 0 Å². The van der Waals surface area contributed by atoms with Crippen LogP contribution in [0.25, 0.3) is 0 Å². The number of benzene rings is 1. The predicted molar refractivity (Wildman–Crippen MR) is 83.3 cm³/mol. The second-order valence-electron chi connectivity index (χ2n) is 5.53. The molecular formula is C17H22N3O+. The number of hydrogen-bond donors (Lipinski definition) is 1. The summed E-state index contributed by atoms with van der Waals surface area (Å²) in [6.45, 7) is 7.37. The monoisotopic (exact) mass is 284 g/mol. The molecule has 0 unspecified atom stereocenters. The second kappa shape index (κ2) is 6.59. The number of furan rings is 1. The number of rotatable bonds is 4. The summed E-state index contributed by atoms with van der Waals surface area (Å²) in [5, 5.41) is 6.82. The van der Waals surface area contributed by atoms with Gasteiger partial charge in [-0.25, -0.2) is 0 Å². The third kappa shape index (κ3) is 3.73. The van der Waals surface area contributed by atoms with Crippen molar-refractivity contribution in [3.8, 4) is 0 Å². The zero-order valence-corrected chi connectivity index (χ0v) is 12.5. The quantitative estimate of drug-likeness (QED) is 0.861. The van der Waals surface area contributed by atoms with E-state index in [1.807, 2.05) is 19.1 Å². The Labute approximate surface area is 125 Å². The number of nitrogens with one attached hydrogen (secondary N) is 1. The molecule has 1 saturated heterocycles. The average molecular weight is 284 g/mol. The van der Waals surface area contributed by atoms with Gasteiger partial charge >= 0.3 is 0 Å². The maximum Gasteiger partial charge on any atom is 0.149 e. The molecule has 0 atom stereocenters. The first-order valence-corrected chi connectivity index (χ1v) is 7.53. The van der Waals surface area contributed by atoms with Gasteiger partial charge in [-0.3, -0.25) is 5.01 Å². The van der Waals surface area contributed by atoms with Crippen molar-refractivity contribution >= 4 is 5.71 Å². The van der Waals surface area contributed by atoms with Gasteiger partial charge in [0, 0.05) is 5.56 Å². The summed E-state index contributed by atoms with van der Waals surface area (Å²) in [4.78, 5) is 1.63. The van der Waals surface area contributed by atoms with Gasteiger partial charge in [0.1, 0.15) is 12.3 Å². The van der Waals surface area contributed by atoms with Crippen LogP contribution >= 0.6 is 0 Å². The molecule has 1 aliphatic heterocycles. The number of hydrogen-bond acceptors (Lipinski definition) is 3. The minimum atomic E-state index is 0.856. The van der Waals surface area contributed by atoms with E-state index in [1.165, 1.54) is 5.56 Å². The molecule has 0 saturated carbocycles. The highest BCUT2D eigenvalue weighted by atomic mass is 16.3. The maximum atomic E-state index is 5.37. The Morgan fingerprint density at radius 3 is 2.57 bits per heavy atom. The topological polar surface area (TPSA) is 33.2 Å². The fourth-order valence-electron chi connectivity index (χ4n) is 2.72. The van der Waals surface area contributed by atoms with Gasteiger partial charge in [-0.15, -0.1) is 0 Å².